The fraction of sp³-hybridized carbons (Fsp3) is 0.263. The standard InChI is InChI=1S/C19H22FN5/c1-21-19(25(2)13-14-5-7-16(20)8-6-14)23-11-9-15-12-24-18-17(15)4-3-10-22-18/h3-8,10,12H,9,11,13H2,1-2H3,(H,21,23)(H,22,24). The van der Waals surface area contributed by atoms with Crippen LogP contribution in [0, 0.1) is 5.82 Å². The van der Waals surface area contributed by atoms with Crippen LogP contribution in [0.25, 0.3) is 11.0 Å². The van der Waals surface area contributed by atoms with Gasteiger partial charge in [-0.25, -0.2) is 9.37 Å². The van der Waals surface area contributed by atoms with Crippen LogP contribution in [-0.2, 0) is 13.0 Å². The van der Waals surface area contributed by atoms with Gasteiger partial charge in [0.25, 0.3) is 0 Å². The topological polar surface area (TPSA) is 56.3 Å². The monoisotopic (exact) mass is 339 g/mol. The van der Waals surface area contributed by atoms with E-state index in [2.05, 4.69) is 26.3 Å². The van der Waals surface area contributed by atoms with E-state index in [9.17, 15) is 4.39 Å². The number of fused-ring (bicyclic) bond motifs is 1. The summed E-state index contributed by atoms with van der Waals surface area (Å²) in [6.45, 7) is 1.43. The highest BCUT2D eigenvalue weighted by Gasteiger charge is 2.08. The Morgan fingerprint density at radius 3 is 2.84 bits per heavy atom. The van der Waals surface area contributed by atoms with E-state index in [-0.39, 0.29) is 5.82 Å². The minimum Gasteiger partial charge on any atom is -0.356 e. The molecule has 0 fully saturated rings. The molecule has 0 aliphatic heterocycles. The molecule has 25 heavy (non-hydrogen) atoms. The number of H-pyrrole nitrogens is 1. The lowest BCUT2D eigenvalue weighted by atomic mass is 10.1. The van der Waals surface area contributed by atoms with Gasteiger partial charge >= 0.3 is 0 Å². The molecule has 3 aromatic rings. The van der Waals surface area contributed by atoms with Crippen molar-refractivity contribution in [2.75, 3.05) is 20.6 Å². The number of rotatable bonds is 5. The normalized spacial score (nSPS) is 11.7. The molecule has 2 heterocycles. The van der Waals surface area contributed by atoms with Crippen molar-refractivity contribution in [1.82, 2.24) is 20.2 Å². The van der Waals surface area contributed by atoms with E-state index in [1.807, 2.05) is 24.2 Å². The molecule has 0 bridgehead atoms. The number of aromatic nitrogens is 2. The summed E-state index contributed by atoms with van der Waals surface area (Å²) in [5, 5.41) is 4.52. The van der Waals surface area contributed by atoms with Gasteiger partial charge in [-0.1, -0.05) is 12.1 Å². The molecular formula is C19H22FN5. The Morgan fingerprint density at radius 2 is 2.08 bits per heavy atom. The zero-order valence-electron chi connectivity index (χ0n) is 14.5. The second-order valence-corrected chi connectivity index (χ2v) is 5.92. The maximum atomic E-state index is 13.0. The fourth-order valence-corrected chi connectivity index (χ4v) is 2.85. The number of nitrogens with zero attached hydrogens (tertiary/aromatic N) is 3. The summed E-state index contributed by atoms with van der Waals surface area (Å²) in [4.78, 5) is 13.8. The van der Waals surface area contributed by atoms with Crippen LogP contribution in [-0.4, -0.2) is 41.5 Å². The highest BCUT2D eigenvalue weighted by Crippen LogP contribution is 2.15. The molecule has 130 valence electrons. The van der Waals surface area contributed by atoms with Crippen molar-refractivity contribution in [2.45, 2.75) is 13.0 Å². The summed E-state index contributed by atoms with van der Waals surface area (Å²) in [5.74, 6) is 0.587. The van der Waals surface area contributed by atoms with Crippen LogP contribution in [0.1, 0.15) is 11.1 Å². The van der Waals surface area contributed by atoms with Crippen molar-refractivity contribution < 1.29 is 4.39 Å². The number of nitrogens with one attached hydrogen (secondary N) is 2. The average Bonchev–Trinajstić information content (AvgIpc) is 3.04. The third-order valence-corrected chi connectivity index (χ3v) is 4.12. The quantitative estimate of drug-likeness (QED) is 0.555. The molecule has 5 nitrogen and oxygen atoms in total. The Balaban J connectivity index is 1.56. The molecule has 0 saturated carbocycles. The highest BCUT2D eigenvalue weighted by atomic mass is 19.1. The summed E-state index contributed by atoms with van der Waals surface area (Å²) in [6, 6.07) is 10.6. The Hall–Kier alpha value is -2.89. The number of benzene rings is 1. The summed E-state index contributed by atoms with van der Waals surface area (Å²) >= 11 is 0. The minimum atomic E-state index is -0.220. The SMILES string of the molecule is CN=C(NCCc1c[nH]c2ncccc12)N(C)Cc1ccc(F)cc1. The van der Waals surface area contributed by atoms with Crippen LogP contribution in [0.4, 0.5) is 4.39 Å². The first-order valence-corrected chi connectivity index (χ1v) is 8.24. The maximum absolute atomic E-state index is 13.0. The molecule has 2 N–H and O–H groups in total. The number of hydrogen-bond donors (Lipinski definition) is 2. The molecular weight excluding hydrogens is 317 g/mol. The van der Waals surface area contributed by atoms with Crippen molar-refractivity contribution in [3.63, 3.8) is 0 Å². The molecule has 0 aliphatic rings. The molecule has 2 aromatic heterocycles. The van der Waals surface area contributed by atoms with Crippen molar-refractivity contribution in [3.8, 4) is 0 Å². The zero-order chi connectivity index (χ0) is 17.6. The van der Waals surface area contributed by atoms with E-state index in [1.165, 1.54) is 17.7 Å². The Labute approximate surface area is 146 Å². The third kappa shape index (κ3) is 4.15. The molecule has 0 spiro atoms. The number of aliphatic imine (C=N–C) groups is 1. The number of guanidine groups is 1. The van der Waals surface area contributed by atoms with Gasteiger partial charge in [-0.3, -0.25) is 4.99 Å². The van der Waals surface area contributed by atoms with Crippen LogP contribution in [0.2, 0.25) is 0 Å². The van der Waals surface area contributed by atoms with E-state index in [4.69, 9.17) is 0 Å². The number of hydrogen-bond acceptors (Lipinski definition) is 2. The van der Waals surface area contributed by atoms with Crippen molar-refractivity contribution in [2.24, 2.45) is 4.99 Å². The summed E-state index contributed by atoms with van der Waals surface area (Å²) < 4.78 is 13.0. The molecule has 1 aromatic carbocycles. The fourth-order valence-electron chi connectivity index (χ4n) is 2.85. The van der Waals surface area contributed by atoms with Crippen molar-refractivity contribution in [3.05, 3.63) is 65.7 Å². The van der Waals surface area contributed by atoms with Crippen molar-refractivity contribution in [1.29, 1.82) is 0 Å². The van der Waals surface area contributed by atoms with E-state index >= 15 is 0 Å². The Morgan fingerprint density at radius 1 is 1.28 bits per heavy atom. The second-order valence-electron chi connectivity index (χ2n) is 5.92. The van der Waals surface area contributed by atoms with Gasteiger partial charge in [0.1, 0.15) is 11.5 Å². The Kier molecular flexibility index (Phi) is 5.28. The summed E-state index contributed by atoms with van der Waals surface area (Å²) in [6.07, 6.45) is 4.66. The smallest absolute Gasteiger partial charge is 0.193 e. The first kappa shape index (κ1) is 17.0. The van der Waals surface area contributed by atoms with E-state index in [0.29, 0.717) is 6.54 Å². The predicted octanol–water partition coefficient (Wildman–Crippen LogP) is 2.95. The van der Waals surface area contributed by atoms with E-state index in [1.54, 1.807) is 25.4 Å². The largest absolute Gasteiger partial charge is 0.356 e. The number of halogens is 1. The second kappa shape index (κ2) is 7.79. The van der Waals surface area contributed by atoms with E-state index in [0.717, 1.165) is 35.5 Å². The van der Waals surface area contributed by atoms with Crippen molar-refractivity contribution >= 4 is 17.0 Å². The predicted molar refractivity (Wildman–Crippen MR) is 99.0 cm³/mol. The summed E-state index contributed by atoms with van der Waals surface area (Å²) in [5.41, 5.74) is 3.18. The first-order chi connectivity index (χ1) is 12.2. The van der Waals surface area contributed by atoms with Gasteiger partial charge < -0.3 is 15.2 Å². The molecule has 3 rings (SSSR count). The molecule has 0 unspecified atom stereocenters. The molecule has 6 heteroatoms. The van der Waals surface area contributed by atoms with Gasteiger partial charge in [-0.2, -0.15) is 0 Å². The van der Waals surface area contributed by atoms with Crippen LogP contribution in [0.3, 0.4) is 0 Å². The lowest BCUT2D eigenvalue weighted by Gasteiger charge is -2.22. The van der Waals surface area contributed by atoms with Gasteiger partial charge in [-0.05, 0) is 41.8 Å². The lowest BCUT2D eigenvalue weighted by Crippen LogP contribution is -2.39. The van der Waals surface area contributed by atoms with Crippen LogP contribution in [0.5, 0.6) is 0 Å². The molecule has 0 atom stereocenters. The van der Waals surface area contributed by atoms with E-state index < -0.39 is 0 Å². The first-order valence-electron chi connectivity index (χ1n) is 8.24. The van der Waals surface area contributed by atoms with Gasteiger partial charge in [0.2, 0.25) is 0 Å². The maximum Gasteiger partial charge on any atom is 0.193 e. The van der Waals surface area contributed by atoms with Gasteiger partial charge in [0.15, 0.2) is 5.96 Å². The van der Waals surface area contributed by atoms with Crippen LogP contribution >= 0.6 is 0 Å². The lowest BCUT2D eigenvalue weighted by molar-refractivity contribution is 0.476. The Bertz CT molecular complexity index is 854. The minimum absolute atomic E-state index is 0.220. The molecule has 0 aliphatic carbocycles. The number of pyridine rings is 1. The highest BCUT2D eigenvalue weighted by molar-refractivity contribution is 5.81. The van der Waals surface area contributed by atoms with Gasteiger partial charge in [0, 0.05) is 45.0 Å². The number of aromatic amines is 1. The average molecular weight is 339 g/mol. The zero-order valence-corrected chi connectivity index (χ0v) is 14.5. The third-order valence-electron chi connectivity index (χ3n) is 4.12. The molecule has 0 radical (unpaired) electrons. The molecule has 0 amide bonds. The van der Waals surface area contributed by atoms with Crippen LogP contribution in [0.15, 0.2) is 53.8 Å². The van der Waals surface area contributed by atoms with Gasteiger partial charge in [0.05, 0.1) is 0 Å². The van der Waals surface area contributed by atoms with Gasteiger partial charge in [-0.15, -0.1) is 0 Å². The summed E-state index contributed by atoms with van der Waals surface area (Å²) in [7, 11) is 3.73. The van der Waals surface area contributed by atoms with Crippen LogP contribution < -0.4 is 5.32 Å². The molecule has 0 saturated heterocycles.